The Hall–Kier alpha value is -1.14. The number of hydrogen-bond acceptors (Lipinski definition) is 4. The number of carbonyl (C=O) groups excluding carboxylic acids is 2. The number of nitrogens with zero attached hydrogens (tertiary/aromatic N) is 3. The molecular weight excluding hydrogens is 376 g/mol. The number of piperazine rings is 1. The zero-order valence-corrected chi connectivity index (χ0v) is 20.0. The molecule has 30 heavy (non-hydrogen) atoms. The number of piperidine rings is 1. The standard InChI is InChI=1S/C24H46N4O2/c1-20(2)24(30)28-14-11-22(12-15-28)25-23(29)10-8-6-5-7-9-13-26-16-18-27(19-17-26)21(3)4/h20-22H,5-19H2,1-4H3,(H,25,29). The molecule has 1 N–H and O–H groups in total. The summed E-state index contributed by atoms with van der Waals surface area (Å²) in [5.74, 6) is 0.482. The monoisotopic (exact) mass is 422 g/mol. The van der Waals surface area contributed by atoms with Crippen LogP contribution in [-0.2, 0) is 9.59 Å². The molecule has 2 saturated heterocycles. The van der Waals surface area contributed by atoms with Gasteiger partial charge in [0.1, 0.15) is 0 Å². The van der Waals surface area contributed by atoms with E-state index in [-0.39, 0.29) is 23.8 Å². The maximum atomic E-state index is 12.2. The number of carbonyl (C=O) groups is 2. The van der Waals surface area contributed by atoms with Crippen LogP contribution in [0.3, 0.4) is 0 Å². The lowest BCUT2D eigenvalue weighted by atomic mass is 10.0. The molecule has 0 bridgehead atoms. The van der Waals surface area contributed by atoms with Crippen LogP contribution in [-0.4, -0.2) is 84.4 Å². The van der Waals surface area contributed by atoms with Crippen LogP contribution in [0, 0.1) is 5.92 Å². The Balaban J connectivity index is 1.43. The molecule has 0 atom stereocenters. The topological polar surface area (TPSA) is 55.9 Å². The summed E-state index contributed by atoms with van der Waals surface area (Å²) in [6, 6.07) is 0.913. The van der Waals surface area contributed by atoms with E-state index in [0.717, 1.165) is 38.8 Å². The number of nitrogens with one attached hydrogen (secondary N) is 1. The van der Waals surface area contributed by atoms with Gasteiger partial charge in [0, 0.05) is 63.7 Å². The lowest BCUT2D eigenvalue weighted by molar-refractivity contribution is -0.135. The lowest BCUT2D eigenvalue weighted by Crippen LogP contribution is -2.48. The number of rotatable bonds is 11. The molecule has 2 amide bonds. The highest BCUT2D eigenvalue weighted by Crippen LogP contribution is 2.14. The minimum absolute atomic E-state index is 0.0613. The molecule has 0 saturated carbocycles. The van der Waals surface area contributed by atoms with Crippen molar-refractivity contribution in [3.63, 3.8) is 0 Å². The van der Waals surface area contributed by atoms with Gasteiger partial charge >= 0.3 is 0 Å². The fourth-order valence-corrected chi connectivity index (χ4v) is 4.56. The molecule has 2 heterocycles. The largest absolute Gasteiger partial charge is 0.353 e. The highest BCUT2D eigenvalue weighted by atomic mass is 16.2. The molecular formula is C24H46N4O2. The summed E-state index contributed by atoms with van der Waals surface area (Å²) in [6.07, 6.45) is 8.33. The molecule has 0 aliphatic carbocycles. The minimum Gasteiger partial charge on any atom is -0.353 e. The third-order valence-electron chi connectivity index (χ3n) is 6.68. The Morgan fingerprint density at radius 2 is 1.43 bits per heavy atom. The summed E-state index contributed by atoms with van der Waals surface area (Å²) in [5.41, 5.74) is 0. The average Bonchev–Trinajstić information content (AvgIpc) is 2.73. The molecule has 6 nitrogen and oxygen atoms in total. The van der Waals surface area contributed by atoms with Gasteiger partial charge in [0.25, 0.3) is 0 Å². The van der Waals surface area contributed by atoms with E-state index < -0.39 is 0 Å². The first kappa shape index (κ1) is 25.1. The predicted molar refractivity (Wildman–Crippen MR) is 123 cm³/mol. The SMILES string of the molecule is CC(C)C(=O)N1CCC(NC(=O)CCCCCCCN2CCN(C(C)C)CC2)CC1. The van der Waals surface area contributed by atoms with Crippen molar-refractivity contribution in [2.24, 2.45) is 5.92 Å². The van der Waals surface area contributed by atoms with Gasteiger partial charge in [-0.1, -0.05) is 33.1 Å². The summed E-state index contributed by atoms with van der Waals surface area (Å²) >= 11 is 0. The Bertz CT molecular complexity index is 507. The van der Waals surface area contributed by atoms with E-state index in [2.05, 4.69) is 29.0 Å². The molecule has 2 aliphatic rings. The van der Waals surface area contributed by atoms with Crippen LogP contribution in [0.15, 0.2) is 0 Å². The second kappa shape index (κ2) is 13.3. The second-order valence-electron chi connectivity index (χ2n) is 9.81. The first-order chi connectivity index (χ1) is 14.4. The molecule has 2 rings (SSSR count). The molecule has 174 valence electrons. The Kier molecular flexibility index (Phi) is 11.1. The summed E-state index contributed by atoms with van der Waals surface area (Å²) in [4.78, 5) is 31.4. The highest BCUT2D eigenvalue weighted by Gasteiger charge is 2.25. The quantitative estimate of drug-likeness (QED) is 0.520. The van der Waals surface area contributed by atoms with Crippen molar-refractivity contribution < 1.29 is 9.59 Å². The molecule has 0 spiro atoms. The van der Waals surface area contributed by atoms with Crippen molar-refractivity contribution in [2.75, 3.05) is 45.8 Å². The Morgan fingerprint density at radius 3 is 2.03 bits per heavy atom. The Labute approximate surface area is 184 Å². The van der Waals surface area contributed by atoms with Gasteiger partial charge < -0.3 is 15.1 Å². The first-order valence-electron chi connectivity index (χ1n) is 12.4. The summed E-state index contributed by atoms with van der Waals surface area (Å²) < 4.78 is 0. The van der Waals surface area contributed by atoms with Crippen LogP contribution in [0.1, 0.15) is 79.1 Å². The van der Waals surface area contributed by atoms with E-state index >= 15 is 0 Å². The molecule has 0 aromatic carbocycles. The highest BCUT2D eigenvalue weighted by molar-refractivity contribution is 5.78. The number of likely N-dealkylation sites (tertiary alicyclic amines) is 1. The fourth-order valence-electron chi connectivity index (χ4n) is 4.56. The van der Waals surface area contributed by atoms with Crippen molar-refractivity contribution in [1.29, 1.82) is 0 Å². The molecule has 0 aromatic rings. The van der Waals surface area contributed by atoms with Crippen molar-refractivity contribution >= 4 is 11.8 Å². The predicted octanol–water partition coefficient (Wildman–Crippen LogP) is 3.12. The van der Waals surface area contributed by atoms with Crippen molar-refractivity contribution in [3.8, 4) is 0 Å². The zero-order chi connectivity index (χ0) is 21.9. The van der Waals surface area contributed by atoms with Gasteiger partial charge in [0.05, 0.1) is 0 Å². The Morgan fingerprint density at radius 1 is 0.833 bits per heavy atom. The smallest absolute Gasteiger partial charge is 0.225 e. The van der Waals surface area contributed by atoms with Crippen molar-refractivity contribution in [3.05, 3.63) is 0 Å². The van der Waals surface area contributed by atoms with Crippen LogP contribution >= 0.6 is 0 Å². The van der Waals surface area contributed by atoms with Gasteiger partial charge in [0.15, 0.2) is 0 Å². The van der Waals surface area contributed by atoms with E-state index in [1.807, 2.05) is 18.7 Å². The summed E-state index contributed by atoms with van der Waals surface area (Å²) in [5, 5.41) is 3.18. The van der Waals surface area contributed by atoms with Crippen LogP contribution in [0.2, 0.25) is 0 Å². The van der Waals surface area contributed by atoms with E-state index in [1.54, 1.807) is 0 Å². The van der Waals surface area contributed by atoms with Gasteiger partial charge in [-0.25, -0.2) is 0 Å². The summed E-state index contributed by atoms with van der Waals surface area (Å²) in [7, 11) is 0. The van der Waals surface area contributed by atoms with Crippen LogP contribution in [0.4, 0.5) is 0 Å². The van der Waals surface area contributed by atoms with Gasteiger partial charge in [0.2, 0.25) is 11.8 Å². The fraction of sp³-hybridized carbons (Fsp3) is 0.917. The van der Waals surface area contributed by atoms with E-state index in [1.165, 1.54) is 52.0 Å². The van der Waals surface area contributed by atoms with E-state index in [4.69, 9.17) is 0 Å². The van der Waals surface area contributed by atoms with Gasteiger partial charge in [-0.2, -0.15) is 0 Å². The van der Waals surface area contributed by atoms with E-state index in [9.17, 15) is 9.59 Å². The normalized spacial score (nSPS) is 19.6. The molecule has 0 aromatic heterocycles. The zero-order valence-electron chi connectivity index (χ0n) is 20.0. The molecule has 2 fully saturated rings. The lowest BCUT2D eigenvalue weighted by Gasteiger charge is -2.36. The van der Waals surface area contributed by atoms with Crippen molar-refractivity contribution in [1.82, 2.24) is 20.0 Å². The second-order valence-corrected chi connectivity index (χ2v) is 9.81. The maximum absolute atomic E-state index is 12.2. The first-order valence-corrected chi connectivity index (χ1v) is 12.4. The van der Waals surface area contributed by atoms with Crippen LogP contribution in [0.5, 0.6) is 0 Å². The van der Waals surface area contributed by atoms with Crippen LogP contribution in [0.25, 0.3) is 0 Å². The molecule has 0 unspecified atom stereocenters. The van der Waals surface area contributed by atoms with Crippen LogP contribution < -0.4 is 5.32 Å². The van der Waals surface area contributed by atoms with Gasteiger partial charge in [-0.05, 0) is 46.1 Å². The minimum atomic E-state index is 0.0613. The maximum Gasteiger partial charge on any atom is 0.225 e. The molecule has 0 radical (unpaired) electrons. The van der Waals surface area contributed by atoms with Gasteiger partial charge in [-0.3, -0.25) is 14.5 Å². The number of unbranched alkanes of at least 4 members (excludes halogenated alkanes) is 4. The number of amides is 2. The van der Waals surface area contributed by atoms with Gasteiger partial charge in [-0.15, -0.1) is 0 Å². The summed E-state index contributed by atoms with van der Waals surface area (Å²) in [6.45, 7) is 16.1. The van der Waals surface area contributed by atoms with E-state index in [0.29, 0.717) is 12.5 Å². The molecule has 6 heteroatoms. The third-order valence-corrected chi connectivity index (χ3v) is 6.68. The molecule has 2 aliphatic heterocycles. The average molecular weight is 423 g/mol. The number of hydrogen-bond donors (Lipinski definition) is 1. The third kappa shape index (κ3) is 8.93. The van der Waals surface area contributed by atoms with Crippen molar-refractivity contribution in [2.45, 2.75) is 91.1 Å².